The maximum atomic E-state index is 15.2. The number of rotatable bonds is 5. The minimum atomic E-state index is -4.87. The molecule has 4 aromatic rings. The Morgan fingerprint density at radius 3 is 2.03 bits per heavy atom. The normalized spacial score (nSPS) is 11.7. The van der Waals surface area contributed by atoms with E-state index in [1.807, 2.05) is 19.1 Å². The van der Waals surface area contributed by atoms with E-state index in [-0.39, 0.29) is 16.7 Å². The largest absolute Gasteiger partial charge is 0.573 e. The Kier molecular flexibility index (Phi) is 6.06. The Morgan fingerprint density at radius 2 is 1.42 bits per heavy atom. The van der Waals surface area contributed by atoms with Gasteiger partial charge in [-0.15, -0.1) is 13.2 Å². The van der Waals surface area contributed by atoms with Crippen molar-refractivity contribution in [3.05, 3.63) is 89.7 Å². The highest BCUT2D eigenvalue weighted by atomic mass is 19.4. The van der Waals surface area contributed by atoms with E-state index in [0.717, 1.165) is 54.8 Å². The predicted octanol–water partition coefficient (Wildman–Crippen LogP) is 8.44. The summed E-state index contributed by atoms with van der Waals surface area (Å²) < 4.78 is 85.6. The highest BCUT2D eigenvalue weighted by molar-refractivity contribution is 5.89. The van der Waals surface area contributed by atoms with Crippen molar-refractivity contribution in [2.75, 3.05) is 0 Å². The molecule has 170 valence electrons. The number of alkyl halides is 3. The molecule has 0 fully saturated rings. The maximum Gasteiger partial charge on any atom is 0.573 e. The molecule has 0 aliphatic carbocycles. The van der Waals surface area contributed by atoms with E-state index in [1.165, 1.54) is 6.07 Å². The smallest absolute Gasteiger partial charge is 0.406 e. The van der Waals surface area contributed by atoms with Gasteiger partial charge in [-0.1, -0.05) is 55.8 Å². The third-order valence-corrected chi connectivity index (χ3v) is 5.29. The third kappa shape index (κ3) is 4.82. The zero-order valence-electron chi connectivity index (χ0n) is 17.4. The van der Waals surface area contributed by atoms with Gasteiger partial charge in [0, 0.05) is 10.9 Å². The molecule has 0 saturated carbocycles. The molecule has 4 aromatic carbocycles. The zero-order chi connectivity index (χ0) is 23.8. The predicted molar refractivity (Wildman–Crippen MR) is 115 cm³/mol. The first-order chi connectivity index (χ1) is 15.7. The number of halogens is 6. The van der Waals surface area contributed by atoms with Crippen LogP contribution in [0.5, 0.6) is 5.75 Å². The van der Waals surface area contributed by atoms with Crippen LogP contribution in [0.1, 0.15) is 18.9 Å². The lowest BCUT2D eigenvalue weighted by atomic mass is 9.95. The fourth-order valence-corrected chi connectivity index (χ4v) is 3.84. The third-order valence-electron chi connectivity index (χ3n) is 5.29. The van der Waals surface area contributed by atoms with Crippen LogP contribution < -0.4 is 4.74 Å². The van der Waals surface area contributed by atoms with E-state index in [1.54, 1.807) is 12.1 Å². The molecule has 1 nitrogen and oxygen atoms in total. The summed E-state index contributed by atoms with van der Waals surface area (Å²) in [5, 5.41) is 1.04. The molecule has 0 spiro atoms. The van der Waals surface area contributed by atoms with E-state index in [2.05, 4.69) is 4.74 Å². The second-order valence-corrected chi connectivity index (χ2v) is 7.62. The summed E-state index contributed by atoms with van der Waals surface area (Å²) in [7, 11) is 0. The van der Waals surface area contributed by atoms with Gasteiger partial charge in [0.25, 0.3) is 0 Å². The maximum absolute atomic E-state index is 15.2. The van der Waals surface area contributed by atoms with Gasteiger partial charge in [-0.3, -0.25) is 0 Å². The van der Waals surface area contributed by atoms with Gasteiger partial charge in [-0.2, -0.15) is 0 Å². The Morgan fingerprint density at radius 1 is 0.758 bits per heavy atom. The first kappa shape index (κ1) is 22.7. The molecule has 4 rings (SSSR count). The highest BCUT2D eigenvalue weighted by Gasteiger charge is 2.31. The van der Waals surface area contributed by atoms with Crippen LogP contribution in [-0.2, 0) is 6.42 Å². The molecule has 0 amide bonds. The van der Waals surface area contributed by atoms with Gasteiger partial charge in [0.05, 0.1) is 5.56 Å². The molecule has 0 saturated heterocycles. The molecule has 0 heterocycles. The topological polar surface area (TPSA) is 9.23 Å². The second kappa shape index (κ2) is 8.81. The van der Waals surface area contributed by atoms with Crippen molar-refractivity contribution in [3.63, 3.8) is 0 Å². The lowest BCUT2D eigenvalue weighted by molar-refractivity contribution is -0.274. The van der Waals surface area contributed by atoms with Crippen LogP contribution in [0.15, 0.2) is 66.7 Å². The lowest BCUT2D eigenvalue weighted by Gasteiger charge is -2.12. The Bertz CT molecular complexity index is 1290. The summed E-state index contributed by atoms with van der Waals surface area (Å²) in [6.45, 7) is 2.05. The molecule has 0 N–H and O–H groups in total. The quantitative estimate of drug-likeness (QED) is 0.272. The number of ether oxygens (including phenoxy) is 1. The molecule has 0 aromatic heterocycles. The standard InChI is InChI=1S/C26H18F6O/c1-2-3-15-4-10-20-17(12-15)7-11-21(25(20)29)18-13-22(27)24(23(28)14-18)16-5-8-19(9-6-16)33-26(30,31)32/h4-14H,2-3H2,1H3. The molecule has 0 unspecified atom stereocenters. The monoisotopic (exact) mass is 460 g/mol. The van der Waals surface area contributed by atoms with Crippen LogP contribution in [0.25, 0.3) is 33.0 Å². The van der Waals surface area contributed by atoms with Crippen molar-refractivity contribution in [1.29, 1.82) is 0 Å². The van der Waals surface area contributed by atoms with E-state index in [0.29, 0.717) is 10.8 Å². The van der Waals surface area contributed by atoms with Crippen molar-refractivity contribution in [2.24, 2.45) is 0 Å². The first-order valence-electron chi connectivity index (χ1n) is 10.2. The average molecular weight is 460 g/mol. The molecule has 0 aliphatic rings. The molecule has 0 aliphatic heterocycles. The summed E-state index contributed by atoms with van der Waals surface area (Å²) in [6.07, 6.45) is -3.06. The lowest BCUT2D eigenvalue weighted by Crippen LogP contribution is -2.16. The van der Waals surface area contributed by atoms with Gasteiger partial charge in [0.1, 0.15) is 23.2 Å². The van der Waals surface area contributed by atoms with Gasteiger partial charge in [0.15, 0.2) is 0 Å². The number of fused-ring (bicyclic) bond motifs is 1. The van der Waals surface area contributed by atoms with Gasteiger partial charge in [0.2, 0.25) is 0 Å². The Hall–Kier alpha value is -3.48. The fourth-order valence-electron chi connectivity index (χ4n) is 3.84. The van der Waals surface area contributed by atoms with Gasteiger partial charge >= 0.3 is 6.36 Å². The minimum Gasteiger partial charge on any atom is -0.406 e. The van der Waals surface area contributed by atoms with Gasteiger partial charge < -0.3 is 4.74 Å². The molecule has 0 atom stereocenters. The molecular weight excluding hydrogens is 442 g/mol. The first-order valence-corrected chi connectivity index (χ1v) is 10.2. The molecular formula is C26H18F6O. The van der Waals surface area contributed by atoms with Gasteiger partial charge in [-0.25, -0.2) is 13.2 Å². The van der Waals surface area contributed by atoms with Crippen molar-refractivity contribution in [3.8, 4) is 28.0 Å². The average Bonchev–Trinajstić information content (AvgIpc) is 2.74. The SMILES string of the molecule is CCCc1ccc2c(F)c(-c3cc(F)c(-c4ccc(OC(F)(F)F)cc4)c(F)c3)ccc2c1. The highest BCUT2D eigenvalue weighted by Crippen LogP contribution is 2.35. The molecule has 33 heavy (non-hydrogen) atoms. The van der Waals surface area contributed by atoms with Crippen LogP contribution >= 0.6 is 0 Å². The Balaban J connectivity index is 1.71. The zero-order valence-corrected chi connectivity index (χ0v) is 17.4. The van der Waals surface area contributed by atoms with Crippen LogP contribution in [0.3, 0.4) is 0 Å². The van der Waals surface area contributed by atoms with Crippen molar-refractivity contribution in [1.82, 2.24) is 0 Å². The second-order valence-electron chi connectivity index (χ2n) is 7.62. The van der Waals surface area contributed by atoms with Crippen molar-refractivity contribution in [2.45, 2.75) is 26.1 Å². The summed E-state index contributed by atoms with van der Waals surface area (Å²) in [4.78, 5) is 0. The number of benzene rings is 4. The van der Waals surface area contributed by atoms with E-state index in [9.17, 15) is 22.0 Å². The minimum absolute atomic E-state index is 0.0165. The van der Waals surface area contributed by atoms with Crippen molar-refractivity contribution >= 4 is 10.8 Å². The summed E-state index contributed by atoms with van der Waals surface area (Å²) in [6, 6.07) is 14.7. The van der Waals surface area contributed by atoms with E-state index >= 15 is 4.39 Å². The molecule has 0 bridgehead atoms. The van der Waals surface area contributed by atoms with Crippen LogP contribution in [0.4, 0.5) is 26.3 Å². The number of hydrogen-bond donors (Lipinski definition) is 0. The number of aryl methyl sites for hydroxylation is 1. The summed E-state index contributed by atoms with van der Waals surface area (Å²) >= 11 is 0. The molecule has 0 radical (unpaired) electrons. The Labute approximate surface area is 186 Å². The summed E-state index contributed by atoms with van der Waals surface area (Å²) in [5.74, 6) is -3.03. The van der Waals surface area contributed by atoms with Crippen LogP contribution in [0.2, 0.25) is 0 Å². The van der Waals surface area contributed by atoms with E-state index < -0.39 is 35.1 Å². The van der Waals surface area contributed by atoms with Gasteiger partial charge in [-0.05, 0) is 52.8 Å². The molecule has 7 heteroatoms. The van der Waals surface area contributed by atoms with Crippen LogP contribution in [0, 0.1) is 17.5 Å². The summed E-state index contributed by atoms with van der Waals surface area (Å²) in [5.41, 5.74) is 0.730. The van der Waals surface area contributed by atoms with Crippen molar-refractivity contribution < 1.29 is 31.1 Å². The van der Waals surface area contributed by atoms with E-state index in [4.69, 9.17) is 0 Å². The fraction of sp³-hybridized carbons (Fsp3) is 0.154. The van der Waals surface area contributed by atoms with Crippen LogP contribution in [-0.4, -0.2) is 6.36 Å². The number of hydrogen-bond acceptors (Lipinski definition) is 1.